The van der Waals surface area contributed by atoms with Crippen LogP contribution < -0.4 is 0 Å². The largest absolute Gasteiger partial charge is 0.235 e. The molecular weight excluding hydrogens is 282 g/mol. The molecule has 0 saturated heterocycles. The van der Waals surface area contributed by atoms with E-state index in [1.807, 2.05) is 6.07 Å². The predicted octanol–water partition coefficient (Wildman–Crippen LogP) is 3.56. The molecule has 78 valence electrons. The van der Waals surface area contributed by atoms with Crippen LogP contribution in [0.3, 0.4) is 0 Å². The van der Waals surface area contributed by atoms with E-state index in [4.69, 9.17) is 11.6 Å². The smallest absolute Gasteiger partial charge is 0.124 e. The van der Waals surface area contributed by atoms with Crippen molar-refractivity contribution in [2.75, 3.05) is 0 Å². The minimum absolute atomic E-state index is 0.348. The molecule has 0 atom stereocenters. The van der Waals surface area contributed by atoms with Crippen LogP contribution in [0.2, 0.25) is 5.02 Å². The molecule has 2 rings (SSSR count). The van der Waals surface area contributed by atoms with E-state index in [1.165, 1.54) is 12.1 Å². The molecule has 0 spiro atoms. The van der Waals surface area contributed by atoms with E-state index in [0.29, 0.717) is 16.0 Å². The third-order valence-electron chi connectivity index (χ3n) is 2.00. The Bertz CT molecular complexity index is 484. The highest BCUT2D eigenvalue weighted by atomic mass is 79.9. The van der Waals surface area contributed by atoms with Gasteiger partial charge in [0.1, 0.15) is 5.82 Å². The minimum Gasteiger partial charge on any atom is -0.235 e. The number of hydrogen-bond acceptors (Lipinski definition) is 1. The van der Waals surface area contributed by atoms with E-state index in [0.717, 1.165) is 5.69 Å². The summed E-state index contributed by atoms with van der Waals surface area (Å²) in [6.07, 6.45) is 1.68. The monoisotopic (exact) mass is 288 g/mol. The van der Waals surface area contributed by atoms with Gasteiger partial charge in [-0.2, -0.15) is 5.10 Å². The summed E-state index contributed by atoms with van der Waals surface area (Å²) >= 11 is 9.28. The third kappa shape index (κ3) is 2.06. The highest BCUT2D eigenvalue weighted by Gasteiger charge is 2.08. The summed E-state index contributed by atoms with van der Waals surface area (Å²) in [7, 11) is 0. The zero-order valence-electron chi connectivity index (χ0n) is 7.62. The molecule has 0 unspecified atom stereocenters. The quantitative estimate of drug-likeness (QED) is 0.773. The van der Waals surface area contributed by atoms with Crippen molar-refractivity contribution in [3.63, 3.8) is 0 Å². The predicted molar refractivity (Wildman–Crippen MR) is 61.2 cm³/mol. The highest BCUT2D eigenvalue weighted by molar-refractivity contribution is 9.08. The Morgan fingerprint density at radius 1 is 1.40 bits per heavy atom. The van der Waals surface area contributed by atoms with Crippen LogP contribution in [-0.2, 0) is 5.33 Å². The summed E-state index contributed by atoms with van der Waals surface area (Å²) in [5, 5.41) is 5.14. The van der Waals surface area contributed by atoms with Crippen molar-refractivity contribution in [2.24, 2.45) is 0 Å². The van der Waals surface area contributed by atoms with Gasteiger partial charge < -0.3 is 0 Å². The van der Waals surface area contributed by atoms with E-state index in [2.05, 4.69) is 21.0 Å². The van der Waals surface area contributed by atoms with E-state index >= 15 is 0 Å². The first kappa shape index (κ1) is 10.6. The van der Waals surface area contributed by atoms with Crippen LogP contribution in [0, 0.1) is 5.82 Å². The number of rotatable bonds is 2. The van der Waals surface area contributed by atoms with Crippen molar-refractivity contribution in [1.29, 1.82) is 0 Å². The third-order valence-corrected chi connectivity index (χ3v) is 2.87. The van der Waals surface area contributed by atoms with Gasteiger partial charge in [-0.15, -0.1) is 0 Å². The van der Waals surface area contributed by atoms with Crippen LogP contribution in [0.15, 0.2) is 30.5 Å². The van der Waals surface area contributed by atoms with Crippen molar-refractivity contribution < 1.29 is 4.39 Å². The molecular formula is C10H7BrClFN2. The van der Waals surface area contributed by atoms with Gasteiger partial charge in [-0.1, -0.05) is 27.5 Å². The zero-order valence-corrected chi connectivity index (χ0v) is 9.96. The maximum atomic E-state index is 12.8. The van der Waals surface area contributed by atoms with Gasteiger partial charge in [0.25, 0.3) is 0 Å². The molecule has 0 bridgehead atoms. The molecule has 0 saturated carbocycles. The molecule has 1 heterocycles. The van der Waals surface area contributed by atoms with E-state index in [1.54, 1.807) is 16.9 Å². The van der Waals surface area contributed by atoms with Gasteiger partial charge in [-0.05, 0) is 24.3 Å². The Kier molecular flexibility index (Phi) is 3.07. The molecule has 0 N–H and O–H groups in total. The Morgan fingerprint density at radius 2 is 2.20 bits per heavy atom. The Labute approximate surface area is 99.8 Å². The van der Waals surface area contributed by atoms with Crippen molar-refractivity contribution in [1.82, 2.24) is 9.78 Å². The summed E-state index contributed by atoms with van der Waals surface area (Å²) < 4.78 is 14.5. The highest BCUT2D eigenvalue weighted by Crippen LogP contribution is 2.22. The molecule has 0 radical (unpaired) electrons. The summed E-state index contributed by atoms with van der Waals surface area (Å²) in [6.45, 7) is 0. The zero-order chi connectivity index (χ0) is 10.8. The first-order valence-electron chi connectivity index (χ1n) is 4.26. The van der Waals surface area contributed by atoms with Gasteiger partial charge >= 0.3 is 0 Å². The molecule has 2 nitrogen and oxygen atoms in total. The average Bonchev–Trinajstić information content (AvgIpc) is 2.65. The van der Waals surface area contributed by atoms with Gasteiger partial charge in [-0.3, -0.25) is 0 Å². The van der Waals surface area contributed by atoms with Crippen molar-refractivity contribution in [3.05, 3.63) is 47.0 Å². The summed E-state index contributed by atoms with van der Waals surface area (Å²) in [4.78, 5) is 0. The molecule has 0 aliphatic rings. The van der Waals surface area contributed by atoms with Crippen LogP contribution in [0.25, 0.3) is 5.69 Å². The van der Waals surface area contributed by atoms with Crippen LogP contribution in [0.1, 0.15) is 5.69 Å². The van der Waals surface area contributed by atoms with E-state index in [9.17, 15) is 4.39 Å². The van der Waals surface area contributed by atoms with Crippen molar-refractivity contribution in [3.8, 4) is 5.69 Å². The van der Waals surface area contributed by atoms with Crippen LogP contribution in [0.5, 0.6) is 0 Å². The maximum absolute atomic E-state index is 12.8. The lowest BCUT2D eigenvalue weighted by Gasteiger charge is -2.07. The van der Waals surface area contributed by atoms with E-state index in [-0.39, 0.29) is 5.82 Å². The molecule has 1 aromatic carbocycles. The fraction of sp³-hybridized carbons (Fsp3) is 0.100. The topological polar surface area (TPSA) is 17.8 Å². The molecule has 15 heavy (non-hydrogen) atoms. The number of benzene rings is 1. The second-order valence-corrected chi connectivity index (χ2v) is 3.93. The fourth-order valence-corrected chi connectivity index (χ4v) is 1.97. The fourth-order valence-electron chi connectivity index (χ4n) is 1.30. The van der Waals surface area contributed by atoms with Crippen LogP contribution in [0.4, 0.5) is 4.39 Å². The number of hydrogen-bond donors (Lipinski definition) is 0. The Balaban J connectivity index is 2.54. The SMILES string of the molecule is Fc1ccc(-n2nccc2CBr)c(Cl)c1. The average molecular weight is 290 g/mol. The van der Waals surface area contributed by atoms with Crippen molar-refractivity contribution >= 4 is 27.5 Å². The Morgan fingerprint density at radius 3 is 2.87 bits per heavy atom. The molecule has 0 fully saturated rings. The summed E-state index contributed by atoms with van der Waals surface area (Å²) in [6, 6.07) is 6.11. The van der Waals surface area contributed by atoms with Gasteiger partial charge in [0.15, 0.2) is 0 Å². The minimum atomic E-state index is -0.351. The van der Waals surface area contributed by atoms with E-state index < -0.39 is 0 Å². The molecule has 0 amide bonds. The van der Waals surface area contributed by atoms with Crippen LogP contribution in [-0.4, -0.2) is 9.78 Å². The Hall–Kier alpha value is -0.870. The van der Waals surface area contributed by atoms with Gasteiger partial charge in [0.05, 0.1) is 16.4 Å². The normalized spacial score (nSPS) is 10.6. The van der Waals surface area contributed by atoms with Gasteiger partial charge in [0, 0.05) is 11.5 Å². The van der Waals surface area contributed by atoms with Crippen LogP contribution >= 0.6 is 27.5 Å². The lowest BCUT2D eigenvalue weighted by molar-refractivity contribution is 0.627. The number of halogens is 3. The maximum Gasteiger partial charge on any atom is 0.124 e. The standard InChI is InChI=1S/C10H7BrClFN2/c11-6-8-3-4-14-15(8)10-2-1-7(13)5-9(10)12/h1-5H,6H2. The molecule has 2 aromatic rings. The second-order valence-electron chi connectivity index (χ2n) is 2.96. The molecule has 0 aliphatic carbocycles. The number of nitrogens with zero attached hydrogens (tertiary/aromatic N) is 2. The van der Waals surface area contributed by atoms with Gasteiger partial charge in [0.2, 0.25) is 0 Å². The first-order valence-corrected chi connectivity index (χ1v) is 5.76. The molecule has 5 heteroatoms. The van der Waals surface area contributed by atoms with Crippen molar-refractivity contribution in [2.45, 2.75) is 5.33 Å². The first-order chi connectivity index (χ1) is 7.22. The number of alkyl halides is 1. The second kappa shape index (κ2) is 4.33. The molecule has 1 aromatic heterocycles. The summed E-state index contributed by atoms with van der Waals surface area (Å²) in [5.41, 5.74) is 1.64. The molecule has 0 aliphatic heterocycles. The summed E-state index contributed by atoms with van der Waals surface area (Å²) in [5.74, 6) is -0.351. The number of aromatic nitrogens is 2. The lowest BCUT2D eigenvalue weighted by Crippen LogP contribution is -2.01. The van der Waals surface area contributed by atoms with Gasteiger partial charge in [-0.25, -0.2) is 9.07 Å². The lowest BCUT2D eigenvalue weighted by atomic mass is 10.3.